The zero-order valence-corrected chi connectivity index (χ0v) is 22.8. The summed E-state index contributed by atoms with van der Waals surface area (Å²) in [5.74, 6) is -0.273. The molecule has 0 N–H and O–H groups in total. The number of benzene rings is 2. The number of hydrogen-bond donors (Lipinski definition) is 0. The van der Waals surface area contributed by atoms with Crippen LogP contribution < -0.4 is 4.18 Å². The Kier molecular flexibility index (Phi) is 9.42. The smallest absolute Gasteiger partial charge is 0.376 e. The van der Waals surface area contributed by atoms with Gasteiger partial charge < -0.3 is 4.18 Å². The average Bonchev–Trinajstić information content (AvgIpc) is 2.81. The van der Waals surface area contributed by atoms with E-state index in [0.29, 0.717) is 30.3 Å². The number of halogens is 4. The van der Waals surface area contributed by atoms with Gasteiger partial charge in [-0.25, -0.2) is 0 Å². The van der Waals surface area contributed by atoms with E-state index in [0.717, 1.165) is 57.8 Å². The van der Waals surface area contributed by atoms with Crippen LogP contribution in [-0.2, 0) is 23.0 Å². The lowest BCUT2D eigenvalue weighted by Crippen LogP contribution is -2.28. The summed E-state index contributed by atoms with van der Waals surface area (Å²) in [6.07, 6.45) is 7.81. The molecule has 0 unspecified atom stereocenters. The molecule has 0 spiro atoms. The maximum Gasteiger partial charge on any atom is 0.534 e. The van der Waals surface area contributed by atoms with Crippen LogP contribution in [0.4, 0.5) is 13.2 Å². The van der Waals surface area contributed by atoms with Crippen LogP contribution in [0, 0.1) is 3.57 Å². The molecule has 2 aromatic carbocycles. The highest BCUT2D eigenvalue weighted by molar-refractivity contribution is 14.1. The van der Waals surface area contributed by atoms with Gasteiger partial charge in [-0.15, -0.1) is 0 Å². The van der Waals surface area contributed by atoms with Gasteiger partial charge in [0.2, 0.25) is 0 Å². The molecular weight excluding hydrogens is 590 g/mol. The third-order valence-electron chi connectivity index (χ3n) is 5.87. The van der Waals surface area contributed by atoms with Crippen molar-refractivity contribution in [2.75, 3.05) is 0 Å². The number of fused-ring (bicyclic) bond motifs is 1. The second-order valence-corrected chi connectivity index (χ2v) is 11.2. The molecule has 0 aliphatic heterocycles. The van der Waals surface area contributed by atoms with Gasteiger partial charge in [-0.1, -0.05) is 69.9 Å². The lowest BCUT2D eigenvalue weighted by molar-refractivity contribution is -0.0500. The molecule has 0 saturated heterocycles. The van der Waals surface area contributed by atoms with Crippen molar-refractivity contribution in [1.29, 1.82) is 0 Å². The molecule has 0 aliphatic carbocycles. The predicted molar refractivity (Wildman–Crippen MR) is 142 cm³/mol. The Bertz CT molecular complexity index is 1260. The molecule has 0 radical (unpaired) electrons. The number of alkyl halides is 3. The number of aromatic nitrogens is 1. The summed E-state index contributed by atoms with van der Waals surface area (Å²) in [4.78, 5) is 4.62. The topological polar surface area (TPSA) is 56.3 Å². The van der Waals surface area contributed by atoms with Crippen LogP contribution in [0.3, 0.4) is 0 Å². The monoisotopic (exact) mass is 619 g/mol. The van der Waals surface area contributed by atoms with Gasteiger partial charge in [0.05, 0.1) is 5.52 Å². The molecule has 1 aromatic heterocycles. The summed E-state index contributed by atoms with van der Waals surface area (Å²) in [5, 5.41) is 0.846. The van der Waals surface area contributed by atoms with E-state index in [4.69, 9.17) is 4.18 Å². The first-order valence-corrected chi connectivity index (χ1v) is 14.3. The standard InChI is InChI=1S/C26H29F3INO3S/c1-3-5-7-11-15-20-22(34-35(32,33)26(27,28)29)16-19(12-6-4-2)24-23(18-13-9-8-10-14-18)21(30)17-31-25(20)24/h8-10,13-14,16-17H,3-7,11-12,15H2,1-2H3. The lowest BCUT2D eigenvalue weighted by Gasteiger charge is -2.20. The second kappa shape index (κ2) is 11.9. The first-order chi connectivity index (χ1) is 16.6. The first kappa shape index (κ1) is 27.7. The molecule has 0 bridgehead atoms. The molecule has 1 heterocycles. The first-order valence-electron chi connectivity index (χ1n) is 11.8. The molecule has 190 valence electrons. The van der Waals surface area contributed by atoms with Gasteiger partial charge in [0.15, 0.2) is 0 Å². The van der Waals surface area contributed by atoms with Gasteiger partial charge in [0, 0.05) is 26.3 Å². The van der Waals surface area contributed by atoms with Crippen molar-refractivity contribution in [3.63, 3.8) is 0 Å². The zero-order valence-electron chi connectivity index (χ0n) is 19.8. The fraction of sp³-hybridized carbons (Fsp3) is 0.423. The predicted octanol–water partition coefficient (Wildman–Crippen LogP) is 8.20. The lowest BCUT2D eigenvalue weighted by atomic mass is 9.91. The Labute approximate surface area is 218 Å². The van der Waals surface area contributed by atoms with Gasteiger partial charge in [0.1, 0.15) is 5.75 Å². The number of rotatable bonds is 11. The normalized spacial score (nSPS) is 12.3. The van der Waals surface area contributed by atoms with Crippen molar-refractivity contribution in [3.05, 3.63) is 57.3 Å². The molecular formula is C26H29F3INO3S. The molecule has 35 heavy (non-hydrogen) atoms. The molecule has 3 rings (SSSR count). The van der Waals surface area contributed by atoms with E-state index in [9.17, 15) is 21.6 Å². The number of hydrogen-bond acceptors (Lipinski definition) is 4. The van der Waals surface area contributed by atoms with Crippen molar-refractivity contribution in [3.8, 4) is 16.9 Å². The van der Waals surface area contributed by atoms with Crippen LogP contribution in [0.1, 0.15) is 63.5 Å². The zero-order chi connectivity index (χ0) is 25.6. The molecule has 0 saturated carbocycles. The van der Waals surface area contributed by atoms with E-state index in [1.807, 2.05) is 37.3 Å². The molecule has 0 amide bonds. The van der Waals surface area contributed by atoms with E-state index in [1.54, 1.807) is 6.20 Å². The summed E-state index contributed by atoms with van der Waals surface area (Å²) < 4.78 is 69.3. The third-order valence-corrected chi connectivity index (χ3v) is 7.65. The van der Waals surface area contributed by atoms with Gasteiger partial charge >= 0.3 is 15.6 Å². The minimum Gasteiger partial charge on any atom is -0.376 e. The number of unbranched alkanes of at least 4 members (excludes halogenated alkanes) is 4. The van der Waals surface area contributed by atoms with Crippen molar-refractivity contribution < 1.29 is 25.8 Å². The number of pyridine rings is 1. The van der Waals surface area contributed by atoms with E-state index < -0.39 is 15.6 Å². The molecule has 0 aliphatic rings. The largest absolute Gasteiger partial charge is 0.534 e. The summed E-state index contributed by atoms with van der Waals surface area (Å²) in [6, 6.07) is 11.2. The van der Waals surface area contributed by atoms with E-state index >= 15 is 0 Å². The summed E-state index contributed by atoms with van der Waals surface area (Å²) >= 11 is 2.22. The Morgan fingerprint density at radius 1 is 0.971 bits per heavy atom. The third kappa shape index (κ3) is 6.47. The van der Waals surface area contributed by atoms with Crippen LogP contribution >= 0.6 is 22.6 Å². The van der Waals surface area contributed by atoms with Crippen LogP contribution in [0.25, 0.3) is 22.0 Å². The Morgan fingerprint density at radius 2 is 1.66 bits per heavy atom. The van der Waals surface area contributed by atoms with Crippen molar-refractivity contribution in [2.24, 2.45) is 0 Å². The van der Waals surface area contributed by atoms with Crippen LogP contribution in [0.2, 0.25) is 0 Å². The fourth-order valence-corrected chi connectivity index (χ4v) is 5.33. The van der Waals surface area contributed by atoms with E-state index in [2.05, 4.69) is 34.5 Å². The van der Waals surface area contributed by atoms with E-state index in [-0.39, 0.29) is 5.75 Å². The van der Waals surface area contributed by atoms with Gasteiger partial charge in [-0.2, -0.15) is 21.6 Å². The SMILES string of the molecule is CCCCCCc1c(OS(=O)(=O)C(F)(F)F)cc(CCCC)c2c(-c3ccccc3)c(I)cnc12. The Balaban J connectivity index is 2.32. The maximum atomic E-state index is 13.2. The quantitative estimate of drug-likeness (QED) is 0.0940. The molecule has 0 atom stereocenters. The Morgan fingerprint density at radius 3 is 2.29 bits per heavy atom. The van der Waals surface area contributed by atoms with Crippen molar-refractivity contribution >= 4 is 43.6 Å². The fourth-order valence-electron chi connectivity index (χ4n) is 4.13. The summed E-state index contributed by atoms with van der Waals surface area (Å²) in [6.45, 7) is 4.09. The van der Waals surface area contributed by atoms with Gasteiger partial charge in [-0.05, 0) is 65.5 Å². The minimum atomic E-state index is -5.81. The summed E-state index contributed by atoms with van der Waals surface area (Å²) in [7, 11) is -5.81. The van der Waals surface area contributed by atoms with Crippen molar-refractivity contribution in [1.82, 2.24) is 4.98 Å². The highest BCUT2D eigenvalue weighted by Gasteiger charge is 2.49. The van der Waals surface area contributed by atoms with Gasteiger partial charge in [0.25, 0.3) is 0 Å². The number of nitrogens with zero attached hydrogens (tertiary/aromatic N) is 1. The maximum absolute atomic E-state index is 13.2. The van der Waals surface area contributed by atoms with Crippen LogP contribution in [0.5, 0.6) is 5.75 Å². The average molecular weight is 619 g/mol. The van der Waals surface area contributed by atoms with E-state index in [1.165, 1.54) is 6.07 Å². The van der Waals surface area contributed by atoms with Crippen LogP contribution in [-0.4, -0.2) is 18.9 Å². The highest BCUT2D eigenvalue weighted by atomic mass is 127. The second-order valence-electron chi connectivity index (χ2n) is 8.48. The molecule has 3 aromatic rings. The number of aryl methyl sites for hydroxylation is 2. The van der Waals surface area contributed by atoms with Crippen LogP contribution in [0.15, 0.2) is 42.6 Å². The summed E-state index contributed by atoms with van der Waals surface area (Å²) in [5.41, 5.74) is -1.96. The van der Waals surface area contributed by atoms with Gasteiger partial charge in [-0.3, -0.25) is 4.98 Å². The minimum absolute atomic E-state index is 0.273. The van der Waals surface area contributed by atoms with Crippen molar-refractivity contribution in [2.45, 2.75) is 70.7 Å². The Hall–Kier alpha value is -1.88. The highest BCUT2D eigenvalue weighted by Crippen LogP contribution is 2.41. The molecule has 0 fully saturated rings. The molecule has 9 heteroatoms. The molecule has 4 nitrogen and oxygen atoms in total.